The van der Waals surface area contributed by atoms with E-state index < -0.39 is 0 Å². The molecule has 0 atom stereocenters. The number of nitrogens with one attached hydrogen (secondary N) is 1. The van der Waals surface area contributed by atoms with Crippen LogP contribution >= 0.6 is 0 Å². The van der Waals surface area contributed by atoms with Crippen molar-refractivity contribution < 1.29 is 14.3 Å². The molecule has 3 fully saturated rings. The number of hydrogen-bond donors (Lipinski definition) is 1. The van der Waals surface area contributed by atoms with Crippen LogP contribution in [-0.4, -0.2) is 67.0 Å². The van der Waals surface area contributed by atoms with Crippen LogP contribution in [0.2, 0.25) is 0 Å². The molecule has 0 bridgehead atoms. The molecule has 2 saturated heterocycles. The molecule has 0 radical (unpaired) electrons. The summed E-state index contributed by atoms with van der Waals surface area (Å²) in [5, 5.41) is 3.31. The molecule has 2 heterocycles. The number of methoxy groups -OCH3 is 1. The predicted octanol–water partition coefficient (Wildman–Crippen LogP) is 3.46. The Bertz CT molecular complexity index is 729. The molecule has 1 saturated carbocycles. The van der Waals surface area contributed by atoms with Gasteiger partial charge in [-0.25, -0.2) is 0 Å². The van der Waals surface area contributed by atoms with E-state index in [-0.39, 0.29) is 17.7 Å². The lowest BCUT2D eigenvalue weighted by Gasteiger charge is -2.41. The first-order valence-corrected chi connectivity index (χ1v) is 12.1. The van der Waals surface area contributed by atoms with Crippen LogP contribution in [0.25, 0.3) is 0 Å². The van der Waals surface area contributed by atoms with Crippen LogP contribution in [0.5, 0.6) is 5.75 Å². The molecular weight excluding hydrogens is 390 g/mol. The number of ether oxygens (including phenoxy) is 1. The van der Waals surface area contributed by atoms with Crippen LogP contribution in [0.3, 0.4) is 0 Å². The molecule has 0 spiro atoms. The van der Waals surface area contributed by atoms with Gasteiger partial charge in [0.1, 0.15) is 5.75 Å². The molecule has 2 amide bonds. The second kappa shape index (κ2) is 10.5. The van der Waals surface area contributed by atoms with Crippen LogP contribution in [0.4, 0.5) is 0 Å². The van der Waals surface area contributed by atoms with Crippen molar-refractivity contribution in [1.29, 1.82) is 0 Å². The van der Waals surface area contributed by atoms with Crippen molar-refractivity contribution in [3.63, 3.8) is 0 Å². The molecule has 1 aromatic carbocycles. The number of rotatable bonds is 5. The van der Waals surface area contributed by atoms with Gasteiger partial charge in [-0.15, -0.1) is 0 Å². The first kappa shape index (κ1) is 22.1. The summed E-state index contributed by atoms with van der Waals surface area (Å²) in [6.07, 6.45) is 10.1. The average molecular weight is 428 g/mol. The van der Waals surface area contributed by atoms with Gasteiger partial charge in [0.15, 0.2) is 0 Å². The van der Waals surface area contributed by atoms with Crippen LogP contribution in [0.1, 0.15) is 68.1 Å². The standard InChI is InChI=1S/C25H37N3O3/c1-31-23-9-7-20(8-10-23)25(30)28-17-13-22(14-18-28)27-15-11-19(12-16-27)24(29)26-21-5-3-2-4-6-21/h7-10,19,21-22H,2-6,11-18H2,1H3,(H,26,29). The number of nitrogens with zero attached hydrogens (tertiary/aromatic N) is 2. The number of likely N-dealkylation sites (tertiary alicyclic amines) is 2. The largest absolute Gasteiger partial charge is 0.497 e. The molecule has 2 aliphatic heterocycles. The van der Waals surface area contributed by atoms with Crippen molar-refractivity contribution in [2.24, 2.45) is 5.92 Å². The number of amides is 2. The van der Waals surface area contributed by atoms with Gasteiger partial charge in [-0.05, 0) is 75.9 Å². The van der Waals surface area contributed by atoms with E-state index in [1.807, 2.05) is 29.2 Å². The van der Waals surface area contributed by atoms with Gasteiger partial charge < -0.3 is 19.9 Å². The second-order valence-corrected chi connectivity index (χ2v) is 9.41. The smallest absolute Gasteiger partial charge is 0.253 e. The highest BCUT2D eigenvalue weighted by atomic mass is 16.5. The van der Waals surface area contributed by atoms with Crippen LogP contribution in [-0.2, 0) is 4.79 Å². The van der Waals surface area contributed by atoms with E-state index >= 15 is 0 Å². The van der Waals surface area contributed by atoms with Crippen LogP contribution in [0.15, 0.2) is 24.3 Å². The quantitative estimate of drug-likeness (QED) is 0.782. The van der Waals surface area contributed by atoms with Crippen molar-refractivity contribution in [3.05, 3.63) is 29.8 Å². The summed E-state index contributed by atoms with van der Waals surface area (Å²) in [4.78, 5) is 30.0. The van der Waals surface area contributed by atoms with Gasteiger partial charge in [-0.1, -0.05) is 19.3 Å². The summed E-state index contributed by atoms with van der Waals surface area (Å²) in [5.74, 6) is 1.34. The van der Waals surface area contributed by atoms with E-state index in [1.165, 1.54) is 19.3 Å². The molecule has 6 nitrogen and oxygen atoms in total. The lowest BCUT2D eigenvalue weighted by Crippen LogP contribution is -2.50. The molecule has 0 aromatic heterocycles. The SMILES string of the molecule is COc1ccc(C(=O)N2CCC(N3CCC(C(=O)NC4CCCCC4)CC3)CC2)cc1. The maximum Gasteiger partial charge on any atom is 0.253 e. The number of piperidine rings is 2. The first-order chi connectivity index (χ1) is 15.1. The highest BCUT2D eigenvalue weighted by Crippen LogP contribution is 2.26. The van der Waals surface area contributed by atoms with E-state index in [9.17, 15) is 9.59 Å². The topological polar surface area (TPSA) is 61.9 Å². The predicted molar refractivity (Wildman–Crippen MR) is 121 cm³/mol. The Morgan fingerprint density at radius 3 is 2.13 bits per heavy atom. The molecule has 6 heteroatoms. The van der Waals surface area contributed by atoms with E-state index in [0.717, 1.165) is 76.0 Å². The lowest BCUT2D eigenvalue weighted by molar-refractivity contribution is -0.127. The second-order valence-electron chi connectivity index (χ2n) is 9.41. The molecule has 1 N–H and O–H groups in total. The van der Waals surface area contributed by atoms with Crippen molar-refractivity contribution in [2.75, 3.05) is 33.3 Å². The van der Waals surface area contributed by atoms with Crippen LogP contribution in [0, 0.1) is 5.92 Å². The molecule has 1 aromatic rings. The third kappa shape index (κ3) is 5.59. The van der Waals surface area contributed by atoms with Gasteiger partial charge in [0.05, 0.1) is 7.11 Å². The van der Waals surface area contributed by atoms with Gasteiger partial charge in [-0.2, -0.15) is 0 Å². The van der Waals surface area contributed by atoms with Gasteiger partial charge in [0, 0.05) is 36.7 Å². The monoisotopic (exact) mass is 427 g/mol. The van der Waals surface area contributed by atoms with Gasteiger partial charge in [0.2, 0.25) is 5.91 Å². The molecular formula is C25H37N3O3. The van der Waals surface area contributed by atoms with E-state index in [4.69, 9.17) is 4.74 Å². The van der Waals surface area contributed by atoms with Crippen molar-refractivity contribution in [2.45, 2.75) is 69.9 Å². The van der Waals surface area contributed by atoms with Crippen molar-refractivity contribution in [3.8, 4) is 5.75 Å². The summed E-state index contributed by atoms with van der Waals surface area (Å²) < 4.78 is 5.18. The summed E-state index contributed by atoms with van der Waals surface area (Å²) >= 11 is 0. The minimum absolute atomic E-state index is 0.110. The third-order valence-electron chi connectivity index (χ3n) is 7.46. The Morgan fingerprint density at radius 2 is 1.52 bits per heavy atom. The minimum Gasteiger partial charge on any atom is -0.497 e. The van der Waals surface area contributed by atoms with Crippen molar-refractivity contribution >= 4 is 11.8 Å². The van der Waals surface area contributed by atoms with Crippen molar-refractivity contribution in [1.82, 2.24) is 15.1 Å². The zero-order valence-corrected chi connectivity index (χ0v) is 18.9. The Labute approximate surface area is 186 Å². The van der Waals surface area contributed by atoms with E-state index in [2.05, 4.69) is 10.2 Å². The van der Waals surface area contributed by atoms with Gasteiger partial charge in [-0.3, -0.25) is 9.59 Å². The normalized spacial score (nSPS) is 22.3. The molecule has 1 aliphatic carbocycles. The minimum atomic E-state index is 0.110. The fourth-order valence-electron chi connectivity index (χ4n) is 5.44. The Kier molecular flexibility index (Phi) is 7.49. The zero-order chi connectivity index (χ0) is 21.6. The number of carbonyl (C=O) groups excluding carboxylic acids is 2. The number of hydrogen-bond acceptors (Lipinski definition) is 4. The fourth-order valence-corrected chi connectivity index (χ4v) is 5.44. The Hall–Kier alpha value is -2.08. The third-order valence-corrected chi connectivity index (χ3v) is 7.46. The summed E-state index contributed by atoms with van der Waals surface area (Å²) in [7, 11) is 1.63. The number of benzene rings is 1. The highest BCUT2D eigenvalue weighted by molar-refractivity contribution is 5.94. The van der Waals surface area contributed by atoms with E-state index in [0.29, 0.717) is 12.1 Å². The van der Waals surface area contributed by atoms with Gasteiger partial charge in [0.25, 0.3) is 5.91 Å². The maximum atomic E-state index is 12.8. The Morgan fingerprint density at radius 1 is 0.871 bits per heavy atom. The highest BCUT2D eigenvalue weighted by Gasteiger charge is 2.32. The Balaban J connectivity index is 1.20. The molecule has 3 aliphatic rings. The summed E-state index contributed by atoms with van der Waals surface area (Å²) in [5.41, 5.74) is 0.726. The lowest BCUT2D eigenvalue weighted by atomic mass is 9.91. The van der Waals surface area contributed by atoms with E-state index in [1.54, 1.807) is 7.11 Å². The zero-order valence-electron chi connectivity index (χ0n) is 18.9. The maximum absolute atomic E-state index is 12.8. The average Bonchev–Trinajstić information content (AvgIpc) is 2.84. The molecule has 170 valence electrons. The molecule has 31 heavy (non-hydrogen) atoms. The first-order valence-electron chi connectivity index (χ1n) is 12.1. The summed E-state index contributed by atoms with van der Waals surface area (Å²) in [6, 6.07) is 8.31. The molecule has 0 unspecified atom stereocenters. The number of carbonyl (C=O) groups is 2. The summed E-state index contributed by atoms with van der Waals surface area (Å²) in [6.45, 7) is 3.61. The van der Waals surface area contributed by atoms with Crippen LogP contribution < -0.4 is 10.1 Å². The fraction of sp³-hybridized carbons (Fsp3) is 0.680. The van der Waals surface area contributed by atoms with Gasteiger partial charge >= 0.3 is 0 Å². The molecule has 4 rings (SSSR count).